The molecule has 25 heavy (non-hydrogen) atoms. The fraction of sp³-hybridized carbons (Fsp3) is 0.278. The molecule has 3 rings (SSSR count). The fourth-order valence-corrected chi connectivity index (χ4v) is 3.33. The van der Waals surface area contributed by atoms with Gasteiger partial charge in [0.05, 0.1) is 12.8 Å². The van der Waals surface area contributed by atoms with Crippen LogP contribution in [0.2, 0.25) is 10.0 Å². The zero-order valence-electron chi connectivity index (χ0n) is 14.1. The summed E-state index contributed by atoms with van der Waals surface area (Å²) in [7, 11) is 0. The van der Waals surface area contributed by atoms with Crippen molar-refractivity contribution in [2.75, 3.05) is 6.61 Å². The zero-order valence-corrected chi connectivity index (χ0v) is 15.6. The van der Waals surface area contributed by atoms with E-state index in [0.29, 0.717) is 34.3 Å². The van der Waals surface area contributed by atoms with Crippen LogP contribution in [0.5, 0.6) is 0 Å². The van der Waals surface area contributed by atoms with Crippen LogP contribution in [0.3, 0.4) is 0 Å². The molecular formula is C18H17Cl2N3O2. The number of benzene rings is 1. The van der Waals surface area contributed by atoms with Gasteiger partial charge in [-0.3, -0.25) is 0 Å². The summed E-state index contributed by atoms with van der Waals surface area (Å²) in [4.78, 5) is 16.6. The lowest BCUT2D eigenvalue weighted by atomic mass is 10.0. The number of halogens is 2. The van der Waals surface area contributed by atoms with Crippen LogP contribution in [0, 0.1) is 13.8 Å². The number of rotatable bonds is 4. The third-order valence-electron chi connectivity index (χ3n) is 4.12. The average Bonchev–Trinajstić information content (AvgIpc) is 2.98. The molecule has 0 saturated heterocycles. The smallest absolute Gasteiger partial charge is 0.343 e. The van der Waals surface area contributed by atoms with E-state index in [-0.39, 0.29) is 0 Å². The Labute approximate surface area is 155 Å². The van der Waals surface area contributed by atoms with Crippen LogP contribution >= 0.6 is 23.2 Å². The molecule has 0 atom stereocenters. The van der Waals surface area contributed by atoms with Gasteiger partial charge in [0.2, 0.25) is 0 Å². The minimum absolute atomic E-state index is 0.303. The van der Waals surface area contributed by atoms with E-state index in [1.807, 2.05) is 32.0 Å². The van der Waals surface area contributed by atoms with Crippen LogP contribution in [-0.2, 0) is 11.2 Å². The van der Waals surface area contributed by atoms with E-state index in [2.05, 4.69) is 10.1 Å². The number of carbonyl (C=O) groups excluding carboxylic acids is 1. The predicted molar refractivity (Wildman–Crippen MR) is 97.7 cm³/mol. The van der Waals surface area contributed by atoms with Crippen LogP contribution < -0.4 is 0 Å². The summed E-state index contributed by atoms with van der Waals surface area (Å²) in [6.07, 6.45) is 2.02. The van der Waals surface area contributed by atoms with Gasteiger partial charge in [-0.25, -0.2) is 14.3 Å². The molecule has 2 heterocycles. The quantitative estimate of drug-likeness (QED) is 0.631. The van der Waals surface area contributed by atoms with Crippen molar-refractivity contribution >= 4 is 34.8 Å². The first-order chi connectivity index (χ1) is 11.9. The Bertz CT molecular complexity index is 946. The monoisotopic (exact) mass is 377 g/mol. The molecule has 1 aromatic carbocycles. The van der Waals surface area contributed by atoms with Crippen molar-refractivity contribution in [1.82, 2.24) is 14.6 Å². The highest BCUT2D eigenvalue weighted by Gasteiger charge is 2.20. The van der Waals surface area contributed by atoms with Gasteiger partial charge in [-0.2, -0.15) is 5.10 Å². The number of hydrogen-bond acceptors (Lipinski definition) is 4. The molecule has 0 radical (unpaired) electrons. The number of hydrogen-bond donors (Lipinski definition) is 0. The van der Waals surface area contributed by atoms with Crippen molar-refractivity contribution in [3.63, 3.8) is 0 Å². The third-order valence-corrected chi connectivity index (χ3v) is 4.83. The lowest BCUT2D eigenvalue weighted by Crippen LogP contribution is -2.09. The molecule has 0 unspecified atom stereocenters. The number of carbonyl (C=O) groups is 1. The minimum Gasteiger partial charge on any atom is -0.462 e. The first kappa shape index (κ1) is 17.7. The largest absolute Gasteiger partial charge is 0.462 e. The Balaban J connectivity index is 2.11. The van der Waals surface area contributed by atoms with Crippen molar-refractivity contribution in [2.24, 2.45) is 0 Å². The van der Waals surface area contributed by atoms with Gasteiger partial charge in [0.1, 0.15) is 5.56 Å². The van der Waals surface area contributed by atoms with Gasteiger partial charge in [0.25, 0.3) is 0 Å². The van der Waals surface area contributed by atoms with E-state index >= 15 is 0 Å². The second-order valence-electron chi connectivity index (χ2n) is 5.65. The highest BCUT2D eigenvalue weighted by Crippen LogP contribution is 2.29. The Morgan fingerprint density at radius 1 is 1.20 bits per heavy atom. The molecule has 0 aliphatic carbocycles. The molecule has 3 aromatic rings. The van der Waals surface area contributed by atoms with Crippen molar-refractivity contribution in [2.45, 2.75) is 27.2 Å². The highest BCUT2D eigenvalue weighted by molar-refractivity contribution is 6.36. The number of aromatic nitrogens is 3. The van der Waals surface area contributed by atoms with Gasteiger partial charge in [-0.15, -0.1) is 0 Å². The molecule has 0 amide bonds. The molecular weight excluding hydrogens is 361 g/mol. The van der Waals surface area contributed by atoms with Crippen LogP contribution in [0.25, 0.3) is 5.65 Å². The second-order valence-corrected chi connectivity index (χ2v) is 6.47. The number of ether oxygens (including phenoxy) is 1. The van der Waals surface area contributed by atoms with Crippen molar-refractivity contribution < 1.29 is 9.53 Å². The number of fused-ring (bicyclic) bond motifs is 1. The molecule has 0 aliphatic heterocycles. The Kier molecular flexibility index (Phi) is 4.97. The van der Waals surface area contributed by atoms with Crippen molar-refractivity contribution in [1.29, 1.82) is 0 Å². The Hall–Kier alpha value is -2.11. The summed E-state index contributed by atoms with van der Waals surface area (Å²) in [5.41, 5.74) is 4.34. The predicted octanol–water partition coefficient (Wildman–Crippen LogP) is 4.42. The van der Waals surface area contributed by atoms with Crippen LogP contribution in [0.15, 0.2) is 24.4 Å². The molecule has 0 aliphatic rings. The zero-order chi connectivity index (χ0) is 18.1. The SMILES string of the molecule is CCOC(=O)c1cnn2c(C)c(Cc3c(Cl)cccc3Cl)c(C)nc12. The fourth-order valence-electron chi connectivity index (χ4n) is 2.80. The third kappa shape index (κ3) is 3.22. The number of nitrogens with zero attached hydrogens (tertiary/aromatic N) is 3. The van der Waals surface area contributed by atoms with E-state index < -0.39 is 5.97 Å². The van der Waals surface area contributed by atoms with Gasteiger partial charge in [-0.05, 0) is 44.0 Å². The Morgan fingerprint density at radius 2 is 1.88 bits per heavy atom. The molecule has 0 bridgehead atoms. The molecule has 5 nitrogen and oxygen atoms in total. The summed E-state index contributed by atoms with van der Waals surface area (Å²) in [6, 6.07) is 5.44. The van der Waals surface area contributed by atoms with Crippen LogP contribution in [0.1, 0.15) is 39.8 Å². The maximum atomic E-state index is 12.1. The van der Waals surface area contributed by atoms with Gasteiger partial charge >= 0.3 is 5.97 Å². The minimum atomic E-state index is -0.425. The van der Waals surface area contributed by atoms with Gasteiger partial charge in [-0.1, -0.05) is 29.3 Å². The molecule has 0 fully saturated rings. The molecule has 0 spiro atoms. The van der Waals surface area contributed by atoms with E-state index in [0.717, 1.165) is 22.5 Å². The maximum Gasteiger partial charge on any atom is 0.343 e. The molecule has 7 heteroatoms. The summed E-state index contributed by atoms with van der Waals surface area (Å²) in [5.74, 6) is -0.425. The molecule has 130 valence electrons. The number of esters is 1. The first-order valence-electron chi connectivity index (χ1n) is 7.87. The van der Waals surface area contributed by atoms with E-state index in [4.69, 9.17) is 27.9 Å². The van der Waals surface area contributed by atoms with E-state index in [9.17, 15) is 4.79 Å². The lowest BCUT2D eigenvalue weighted by Gasteiger charge is -2.13. The topological polar surface area (TPSA) is 56.5 Å². The van der Waals surface area contributed by atoms with Crippen LogP contribution in [-0.4, -0.2) is 27.2 Å². The average molecular weight is 378 g/mol. The second kappa shape index (κ2) is 7.02. The van der Waals surface area contributed by atoms with Crippen molar-refractivity contribution in [3.05, 3.63) is 62.5 Å². The normalized spacial score (nSPS) is 11.1. The standard InChI is InChI=1S/C18H17Cl2N3O2/c1-4-25-18(24)14-9-21-23-11(3)12(10(2)22-17(14)23)8-13-15(19)6-5-7-16(13)20/h5-7,9H,4,8H2,1-3H3. The summed E-state index contributed by atoms with van der Waals surface area (Å²) in [6.45, 7) is 5.90. The van der Waals surface area contributed by atoms with Gasteiger partial charge in [0, 0.05) is 27.9 Å². The molecule has 0 N–H and O–H groups in total. The number of aryl methyl sites for hydroxylation is 2. The maximum absolute atomic E-state index is 12.1. The summed E-state index contributed by atoms with van der Waals surface area (Å²) < 4.78 is 6.72. The lowest BCUT2D eigenvalue weighted by molar-refractivity contribution is 0.0528. The summed E-state index contributed by atoms with van der Waals surface area (Å²) >= 11 is 12.6. The summed E-state index contributed by atoms with van der Waals surface area (Å²) in [5, 5.41) is 5.52. The van der Waals surface area contributed by atoms with E-state index in [1.54, 1.807) is 11.4 Å². The highest BCUT2D eigenvalue weighted by atomic mass is 35.5. The molecule has 2 aromatic heterocycles. The first-order valence-corrected chi connectivity index (χ1v) is 8.63. The van der Waals surface area contributed by atoms with E-state index in [1.165, 1.54) is 6.20 Å². The Morgan fingerprint density at radius 3 is 2.52 bits per heavy atom. The van der Waals surface area contributed by atoms with Gasteiger partial charge in [0.15, 0.2) is 5.65 Å². The molecule has 0 saturated carbocycles. The van der Waals surface area contributed by atoms with Crippen molar-refractivity contribution in [3.8, 4) is 0 Å². The van der Waals surface area contributed by atoms with Crippen LogP contribution in [0.4, 0.5) is 0 Å². The van der Waals surface area contributed by atoms with Gasteiger partial charge < -0.3 is 4.74 Å².